The lowest BCUT2D eigenvalue weighted by molar-refractivity contribution is 0.672. The van der Waals surface area contributed by atoms with E-state index >= 15 is 0 Å². The van der Waals surface area contributed by atoms with Crippen molar-refractivity contribution in [1.29, 1.82) is 0 Å². The van der Waals surface area contributed by atoms with E-state index in [1.807, 2.05) is 11.8 Å². The Hall–Kier alpha value is 0.01000. The fourth-order valence-corrected chi connectivity index (χ4v) is 3.11. The maximum absolute atomic E-state index is 6.06. The first-order valence-corrected chi connectivity index (χ1v) is 7.62. The summed E-state index contributed by atoms with van der Waals surface area (Å²) in [5.74, 6) is 3.10. The topological polar surface area (TPSA) is 26.0 Å². The molecule has 3 heteroatoms. The molecule has 0 aliphatic heterocycles. The van der Waals surface area contributed by atoms with Crippen molar-refractivity contribution in [3.63, 3.8) is 0 Å². The highest BCUT2D eigenvalue weighted by atomic mass is 32.2. The molecule has 1 heterocycles. The Morgan fingerprint density at radius 3 is 2.80 bits per heavy atom. The minimum atomic E-state index is 0.355. The minimum absolute atomic E-state index is 0.355. The Labute approximate surface area is 101 Å². The van der Waals surface area contributed by atoms with E-state index in [-0.39, 0.29) is 0 Å². The summed E-state index contributed by atoms with van der Waals surface area (Å²) >= 11 is 3.75. The second-order valence-electron chi connectivity index (χ2n) is 4.36. The summed E-state index contributed by atoms with van der Waals surface area (Å²) in [6.45, 7) is 4.51. The van der Waals surface area contributed by atoms with E-state index in [1.54, 1.807) is 11.3 Å². The summed E-state index contributed by atoms with van der Waals surface area (Å²) in [7, 11) is 0. The van der Waals surface area contributed by atoms with Crippen molar-refractivity contribution in [2.45, 2.75) is 32.7 Å². The lowest BCUT2D eigenvalue weighted by Crippen LogP contribution is -2.23. The molecule has 2 N–H and O–H groups in total. The van der Waals surface area contributed by atoms with E-state index in [1.165, 1.54) is 11.3 Å². The zero-order chi connectivity index (χ0) is 11.1. The fraction of sp³-hybridized carbons (Fsp3) is 0.667. The van der Waals surface area contributed by atoms with Crippen LogP contribution in [0.15, 0.2) is 16.8 Å². The molecule has 1 aromatic rings. The van der Waals surface area contributed by atoms with Gasteiger partial charge in [0.25, 0.3) is 0 Å². The third-order valence-corrected chi connectivity index (χ3v) is 4.47. The third kappa shape index (κ3) is 6.23. The van der Waals surface area contributed by atoms with Gasteiger partial charge in [0.05, 0.1) is 0 Å². The van der Waals surface area contributed by atoms with Crippen LogP contribution in [0.1, 0.15) is 25.8 Å². The fourth-order valence-electron chi connectivity index (χ4n) is 1.33. The zero-order valence-electron chi connectivity index (χ0n) is 9.61. The van der Waals surface area contributed by atoms with Gasteiger partial charge in [-0.15, -0.1) is 0 Å². The van der Waals surface area contributed by atoms with E-state index in [2.05, 4.69) is 30.7 Å². The molecule has 1 nitrogen and oxygen atoms in total. The molecule has 0 bridgehead atoms. The summed E-state index contributed by atoms with van der Waals surface area (Å²) in [6.07, 6.45) is 2.24. The average molecular weight is 243 g/mol. The second kappa shape index (κ2) is 7.31. The van der Waals surface area contributed by atoms with Crippen LogP contribution in [0.3, 0.4) is 0 Å². The highest BCUT2D eigenvalue weighted by molar-refractivity contribution is 7.99. The predicted molar refractivity (Wildman–Crippen MR) is 72.8 cm³/mol. The van der Waals surface area contributed by atoms with Crippen LogP contribution in [0.25, 0.3) is 0 Å². The second-order valence-corrected chi connectivity index (χ2v) is 6.22. The predicted octanol–water partition coefficient (Wildman–Crippen LogP) is 3.40. The molecule has 1 unspecified atom stereocenters. The van der Waals surface area contributed by atoms with Crippen LogP contribution < -0.4 is 5.73 Å². The van der Waals surface area contributed by atoms with Crippen molar-refractivity contribution < 1.29 is 0 Å². The Bertz CT molecular complexity index is 244. The molecule has 0 aliphatic carbocycles. The molecule has 0 saturated carbocycles. The number of aryl methyl sites for hydroxylation is 1. The summed E-state index contributed by atoms with van der Waals surface area (Å²) < 4.78 is 0. The number of hydrogen-bond donors (Lipinski definition) is 1. The molecule has 0 amide bonds. The third-order valence-electron chi connectivity index (χ3n) is 2.17. The van der Waals surface area contributed by atoms with Crippen molar-refractivity contribution in [3.05, 3.63) is 22.4 Å². The normalized spacial score (nSPS) is 13.3. The molecule has 0 fully saturated rings. The molecule has 0 saturated heterocycles. The van der Waals surface area contributed by atoms with E-state index in [0.717, 1.165) is 24.5 Å². The van der Waals surface area contributed by atoms with Gasteiger partial charge in [-0.25, -0.2) is 0 Å². The molecule has 0 radical (unpaired) electrons. The highest BCUT2D eigenvalue weighted by Gasteiger charge is 2.04. The molecule has 0 spiro atoms. The molecular formula is C12H21NS2. The van der Waals surface area contributed by atoms with Gasteiger partial charge >= 0.3 is 0 Å². The van der Waals surface area contributed by atoms with Crippen molar-refractivity contribution in [2.24, 2.45) is 11.7 Å². The first kappa shape index (κ1) is 13.1. The number of thioether (sulfide) groups is 1. The molecule has 1 rings (SSSR count). The van der Waals surface area contributed by atoms with Crippen LogP contribution in [0.4, 0.5) is 0 Å². The smallest absolute Gasteiger partial charge is 0.0133 e. The quantitative estimate of drug-likeness (QED) is 0.794. The van der Waals surface area contributed by atoms with Crippen LogP contribution >= 0.6 is 23.1 Å². The van der Waals surface area contributed by atoms with Gasteiger partial charge in [-0.2, -0.15) is 23.1 Å². The highest BCUT2D eigenvalue weighted by Crippen LogP contribution is 2.13. The number of rotatable bonds is 7. The molecular weight excluding hydrogens is 222 g/mol. The standard InChI is InChI=1S/C12H21NS2/c1-10(2)7-15-9-12(13)4-3-11-5-6-14-8-11/h5-6,8,10,12H,3-4,7,9,13H2,1-2H3. The molecule has 1 aromatic heterocycles. The van der Waals surface area contributed by atoms with E-state index in [0.29, 0.717) is 6.04 Å². The van der Waals surface area contributed by atoms with Gasteiger partial charge in [0.1, 0.15) is 0 Å². The summed E-state index contributed by atoms with van der Waals surface area (Å²) in [5.41, 5.74) is 7.49. The average Bonchev–Trinajstić information content (AvgIpc) is 2.66. The van der Waals surface area contributed by atoms with E-state index < -0.39 is 0 Å². The van der Waals surface area contributed by atoms with Gasteiger partial charge < -0.3 is 5.73 Å². The number of thiophene rings is 1. The molecule has 0 aliphatic rings. The van der Waals surface area contributed by atoms with E-state index in [9.17, 15) is 0 Å². The SMILES string of the molecule is CC(C)CSCC(N)CCc1ccsc1. The van der Waals surface area contributed by atoms with Crippen LogP contribution in [0.2, 0.25) is 0 Å². The summed E-state index contributed by atoms with van der Waals surface area (Å²) in [6, 6.07) is 2.55. The lowest BCUT2D eigenvalue weighted by Gasteiger charge is -2.11. The largest absolute Gasteiger partial charge is 0.327 e. The molecule has 86 valence electrons. The maximum atomic E-state index is 6.06. The maximum Gasteiger partial charge on any atom is 0.0133 e. The van der Waals surface area contributed by atoms with Gasteiger partial charge in [0.2, 0.25) is 0 Å². The van der Waals surface area contributed by atoms with Crippen molar-refractivity contribution >= 4 is 23.1 Å². The first-order chi connectivity index (χ1) is 7.18. The van der Waals surface area contributed by atoms with Gasteiger partial charge in [-0.05, 0) is 46.9 Å². The minimum Gasteiger partial charge on any atom is -0.327 e. The summed E-state index contributed by atoms with van der Waals surface area (Å²) in [5, 5.41) is 4.35. The van der Waals surface area contributed by atoms with Gasteiger partial charge in [0.15, 0.2) is 0 Å². The van der Waals surface area contributed by atoms with Gasteiger partial charge in [-0.1, -0.05) is 13.8 Å². The van der Waals surface area contributed by atoms with Crippen molar-refractivity contribution in [1.82, 2.24) is 0 Å². The van der Waals surface area contributed by atoms with E-state index in [4.69, 9.17) is 5.73 Å². The van der Waals surface area contributed by atoms with Crippen molar-refractivity contribution in [2.75, 3.05) is 11.5 Å². The Balaban J connectivity index is 2.06. The van der Waals surface area contributed by atoms with Crippen LogP contribution in [-0.2, 0) is 6.42 Å². The van der Waals surface area contributed by atoms with Gasteiger partial charge in [0, 0.05) is 11.8 Å². The van der Waals surface area contributed by atoms with Crippen LogP contribution in [0, 0.1) is 5.92 Å². The zero-order valence-corrected chi connectivity index (χ0v) is 11.2. The number of hydrogen-bond acceptors (Lipinski definition) is 3. The molecule has 0 aromatic carbocycles. The monoisotopic (exact) mass is 243 g/mol. The van der Waals surface area contributed by atoms with Gasteiger partial charge in [-0.3, -0.25) is 0 Å². The Morgan fingerprint density at radius 1 is 1.40 bits per heavy atom. The summed E-state index contributed by atoms with van der Waals surface area (Å²) in [4.78, 5) is 0. The first-order valence-electron chi connectivity index (χ1n) is 5.53. The lowest BCUT2D eigenvalue weighted by atomic mass is 10.1. The molecule has 15 heavy (non-hydrogen) atoms. The van der Waals surface area contributed by atoms with Crippen LogP contribution in [0.5, 0.6) is 0 Å². The number of nitrogens with two attached hydrogens (primary N) is 1. The Kier molecular flexibility index (Phi) is 6.37. The Morgan fingerprint density at radius 2 is 2.20 bits per heavy atom. The van der Waals surface area contributed by atoms with Crippen molar-refractivity contribution in [3.8, 4) is 0 Å². The van der Waals surface area contributed by atoms with Crippen LogP contribution in [-0.4, -0.2) is 17.5 Å². The molecule has 1 atom stereocenters.